The topological polar surface area (TPSA) is 62.7 Å². The van der Waals surface area contributed by atoms with E-state index in [0.29, 0.717) is 30.3 Å². The number of ether oxygens (including phenoxy) is 1. The van der Waals surface area contributed by atoms with Crippen LogP contribution < -0.4 is 9.04 Å². The van der Waals surface area contributed by atoms with Gasteiger partial charge in [0.05, 0.1) is 11.9 Å². The Bertz CT molecular complexity index is 811. The maximum Gasteiger partial charge on any atom is 0.261 e. The molecule has 0 aliphatic carbocycles. The van der Waals surface area contributed by atoms with Crippen molar-refractivity contribution in [1.29, 1.82) is 0 Å². The van der Waals surface area contributed by atoms with Crippen LogP contribution >= 0.6 is 0 Å². The first-order valence-electron chi connectivity index (χ1n) is 7.84. The van der Waals surface area contributed by atoms with E-state index < -0.39 is 11.3 Å². The predicted octanol–water partition coefficient (Wildman–Crippen LogP) is 4.06. The normalized spacial score (nSPS) is 11.7. The molecule has 5 nitrogen and oxygen atoms in total. The molecular weight excluding hydrogens is 336 g/mol. The zero-order valence-corrected chi connectivity index (χ0v) is 14.3. The minimum Gasteiger partial charge on any atom is -0.439 e. The molecular formula is C19H18N2O3S. The van der Waals surface area contributed by atoms with E-state index in [2.05, 4.69) is 4.98 Å². The first-order valence-corrected chi connectivity index (χ1v) is 8.90. The second kappa shape index (κ2) is 8.41. The summed E-state index contributed by atoms with van der Waals surface area (Å²) in [5.74, 6) is 1.12. The van der Waals surface area contributed by atoms with Gasteiger partial charge in [-0.2, -0.15) is 0 Å². The summed E-state index contributed by atoms with van der Waals surface area (Å²) in [6.45, 7) is 0.410. The standard InChI is InChI=1S/C19H18N2O3S/c22-25(23)21(14-13-16-7-3-1-4-8-16)17-11-12-19(20-15-17)24-18-9-5-2-6-10-18/h1-12,15H,13-14H2,(H,22,23). The van der Waals surface area contributed by atoms with Gasteiger partial charge in [-0.05, 0) is 30.2 Å². The van der Waals surface area contributed by atoms with Crippen molar-refractivity contribution < 1.29 is 13.5 Å². The van der Waals surface area contributed by atoms with Gasteiger partial charge in [0.15, 0.2) is 0 Å². The number of para-hydroxylation sites is 1. The Morgan fingerprint density at radius 3 is 2.24 bits per heavy atom. The fourth-order valence-electron chi connectivity index (χ4n) is 2.36. The Morgan fingerprint density at radius 1 is 0.960 bits per heavy atom. The summed E-state index contributed by atoms with van der Waals surface area (Å²) < 4.78 is 28.3. The van der Waals surface area contributed by atoms with Crippen LogP contribution in [-0.4, -0.2) is 20.3 Å². The molecule has 0 fully saturated rings. The Labute approximate surface area is 149 Å². The number of benzene rings is 2. The predicted molar refractivity (Wildman–Crippen MR) is 99.0 cm³/mol. The fourth-order valence-corrected chi connectivity index (χ4v) is 2.90. The average molecular weight is 354 g/mol. The molecule has 0 spiro atoms. The summed E-state index contributed by atoms with van der Waals surface area (Å²) in [6, 6.07) is 22.6. The van der Waals surface area contributed by atoms with Gasteiger partial charge >= 0.3 is 0 Å². The van der Waals surface area contributed by atoms with Crippen molar-refractivity contribution >= 4 is 17.0 Å². The van der Waals surface area contributed by atoms with Gasteiger partial charge in [-0.1, -0.05) is 48.5 Å². The van der Waals surface area contributed by atoms with Gasteiger partial charge in [0.1, 0.15) is 5.75 Å². The summed E-state index contributed by atoms with van der Waals surface area (Å²) in [4.78, 5) is 4.22. The third-order valence-corrected chi connectivity index (χ3v) is 4.38. The van der Waals surface area contributed by atoms with E-state index in [-0.39, 0.29) is 0 Å². The van der Waals surface area contributed by atoms with E-state index in [1.807, 2.05) is 60.7 Å². The van der Waals surface area contributed by atoms with Gasteiger partial charge in [0, 0.05) is 12.6 Å². The van der Waals surface area contributed by atoms with Crippen LogP contribution in [0.3, 0.4) is 0 Å². The number of aromatic nitrogens is 1. The van der Waals surface area contributed by atoms with Gasteiger partial charge < -0.3 is 4.74 Å². The Hall–Kier alpha value is -2.70. The number of hydrogen-bond donors (Lipinski definition) is 1. The van der Waals surface area contributed by atoms with Gasteiger partial charge in [0.25, 0.3) is 11.3 Å². The molecule has 0 saturated heterocycles. The molecule has 1 heterocycles. The van der Waals surface area contributed by atoms with Crippen LogP contribution in [0.1, 0.15) is 5.56 Å². The SMILES string of the molecule is O=S(O)N(CCc1ccccc1)c1ccc(Oc2ccccc2)nc1. The Morgan fingerprint density at radius 2 is 1.64 bits per heavy atom. The van der Waals surface area contributed by atoms with Crippen LogP contribution in [0, 0.1) is 0 Å². The van der Waals surface area contributed by atoms with E-state index in [4.69, 9.17) is 4.74 Å². The highest BCUT2D eigenvalue weighted by atomic mass is 32.2. The number of anilines is 1. The van der Waals surface area contributed by atoms with E-state index in [1.165, 1.54) is 10.5 Å². The summed E-state index contributed by atoms with van der Waals surface area (Å²) in [7, 11) is 0. The highest BCUT2D eigenvalue weighted by Gasteiger charge is 2.13. The molecule has 3 rings (SSSR count). The molecule has 0 aliphatic rings. The molecule has 1 unspecified atom stereocenters. The number of hydrogen-bond acceptors (Lipinski definition) is 3. The number of nitrogens with zero attached hydrogens (tertiary/aromatic N) is 2. The second-order valence-electron chi connectivity index (χ2n) is 5.34. The number of rotatable bonds is 7. The van der Waals surface area contributed by atoms with Crippen LogP contribution in [0.15, 0.2) is 79.0 Å². The smallest absolute Gasteiger partial charge is 0.261 e. The lowest BCUT2D eigenvalue weighted by molar-refractivity contribution is 0.463. The molecule has 0 amide bonds. The van der Waals surface area contributed by atoms with Crippen molar-refractivity contribution in [2.24, 2.45) is 0 Å². The molecule has 0 radical (unpaired) electrons. The lowest BCUT2D eigenvalue weighted by atomic mass is 10.1. The van der Waals surface area contributed by atoms with E-state index in [1.54, 1.807) is 12.1 Å². The third-order valence-electron chi connectivity index (χ3n) is 3.61. The van der Waals surface area contributed by atoms with Crippen LogP contribution in [0.25, 0.3) is 0 Å². The van der Waals surface area contributed by atoms with Crippen LogP contribution in [0.4, 0.5) is 5.69 Å². The Kier molecular flexibility index (Phi) is 5.77. The quantitative estimate of drug-likeness (QED) is 0.650. The minimum atomic E-state index is -2.12. The lowest BCUT2D eigenvalue weighted by Gasteiger charge is -2.19. The van der Waals surface area contributed by atoms with Crippen LogP contribution in [0.5, 0.6) is 11.6 Å². The van der Waals surface area contributed by atoms with Crippen molar-refractivity contribution in [3.05, 3.63) is 84.6 Å². The minimum absolute atomic E-state index is 0.410. The monoisotopic (exact) mass is 354 g/mol. The summed E-state index contributed by atoms with van der Waals surface area (Å²) in [5.41, 5.74) is 1.67. The molecule has 128 valence electrons. The molecule has 1 atom stereocenters. The highest BCUT2D eigenvalue weighted by Crippen LogP contribution is 2.22. The van der Waals surface area contributed by atoms with Crippen molar-refractivity contribution in [3.8, 4) is 11.6 Å². The largest absolute Gasteiger partial charge is 0.439 e. The lowest BCUT2D eigenvalue weighted by Crippen LogP contribution is -2.27. The average Bonchev–Trinajstić information content (AvgIpc) is 2.65. The van der Waals surface area contributed by atoms with E-state index in [9.17, 15) is 8.76 Å². The van der Waals surface area contributed by atoms with Crippen molar-refractivity contribution in [2.45, 2.75) is 6.42 Å². The van der Waals surface area contributed by atoms with Gasteiger partial charge in [0.2, 0.25) is 5.88 Å². The van der Waals surface area contributed by atoms with Crippen molar-refractivity contribution in [1.82, 2.24) is 4.98 Å². The maximum atomic E-state index is 11.7. The maximum absolute atomic E-state index is 11.7. The van der Waals surface area contributed by atoms with Gasteiger partial charge in [-0.3, -0.25) is 8.86 Å². The molecule has 1 aromatic heterocycles. The molecule has 2 aromatic carbocycles. The zero-order valence-electron chi connectivity index (χ0n) is 13.5. The van der Waals surface area contributed by atoms with Crippen LogP contribution in [-0.2, 0) is 17.7 Å². The molecule has 0 bridgehead atoms. The summed E-state index contributed by atoms with van der Waals surface area (Å²) in [5, 5.41) is 0. The van der Waals surface area contributed by atoms with Gasteiger partial charge in [-0.25, -0.2) is 9.19 Å². The summed E-state index contributed by atoms with van der Waals surface area (Å²) in [6.07, 6.45) is 2.20. The van der Waals surface area contributed by atoms with E-state index >= 15 is 0 Å². The first-order chi connectivity index (χ1) is 12.2. The van der Waals surface area contributed by atoms with Crippen molar-refractivity contribution in [2.75, 3.05) is 10.8 Å². The fraction of sp³-hybridized carbons (Fsp3) is 0.105. The van der Waals surface area contributed by atoms with Crippen molar-refractivity contribution in [3.63, 3.8) is 0 Å². The Balaban J connectivity index is 1.68. The van der Waals surface area contributed by atoms with E-state index in [0.717, 1.165) is 5.56 Å². The second-order valence-corrected chi connectivity index (χ2v) is 6.24. The highest BCUT2D eigenvalue weighted by molar-refractivity contribution is 7.80. The molecule has 0 saturated carbocycles. The molecule has 3 aromatic rings. The number of pyridine rings is 1. The van der Waals surface area contributed by atoms with Crippen LogP contribution in [0.2, 0.25) is 0 Å². The zero-order chi connectivity index (χ0) is 17.5. The molecule has 25 heavy (non-hydrogen) atoms. The molecule has 0 aliphatic heterocycles. The first kappa shape index (κ1) is 17.1. The molecule has 6 heteroatoms. The third kappa shape index (κ3) is 4.89. The molecule has 1 N–H and O–H groups in total. The van der Waals surface area contributed by atoms with Gasteiger partial charge in [-0.15, -0.1) is 0 Å². The summed E-state index contributed by atoms with van der Waals surface area (Å²) >= 11 is -2.12.